The Morgan fingerprint density at radius 1 is 1.14 bits per heavy atom. The van der Waals surface area contributed by atoms with E-state index in [0.29, 0.717) is 5.69 Å². The molecule has 0 atom stereocenters. The number of benzene rings is 2. The number of carbonyl (C=O) groups excluding carboxylic acids is 3. The lowest BCUT2D eigenvalue weighted by molar-refractivity contribution is -0.384. The molecule has 1 aliphatic heterocycles. The molecular formula is C19H14ClN3O5. The number of carbonyl (C=O) groups is 3. The quantitative estimate of drug-likeness (QED) is 0.366. The number of hydrogen-bond donors (Lipinski definition) is 1. The zero-order valence-corrected chi connectivity index (χ0v) is 15.4. The number of nitrogens with zero attached hydrogens (tertiary/aromatic N) is 2. The minimum absolute atomic E-state index is 0.0700. The third-order valence-electron chi connectivity index (χ3n) is 4.18. The summed E-state index contributed by atoms with van der Waals surface area (Å²) < 4.78 is 0. The number of nitrogens with one attached hydrogen (secondary N) is 1. The second-order valence-electron chi connectivity index (χ2n) is 5.95. The highest BCUT2D eigenvalue weighted by molar-refractivity contribution is 6.39. The van der Waals surface area contributed by atoms with Crippen molar-refractivity contribution < 1.29 is 19.3 Å². The van der Waals surface area contributed by atoms with E-state index < -0.39 is 22.8 Å². The van der Waals surface area contributed by atoms with Gasteiger partial charge in [0.1, 0.15) is 10.6 Å². The molecule has 2 aromatic rings. The Bertz CT molecular complexity index is 1030. The molecule has 0 radical (unpaired) electrons. The Hall–Kier alpha value is -3.52. The second-order valence-corrected chi connectivity index (χ2v) is 6.35. The van der Waals surface area contributed by atoms with Gasteiger partial charge in [-0.25, -0.2) is 9.69 Å². The Labute approximate surface area is 164 Å². The average Bonchev–Trinajstić information content (AvgIpc) is 2.66. The van der Waals surface area contributed by atoms with Gasteiger partial charge < -0.3 is 0 Å². The van der Waals surface area contributed by atoms with Gasteiger partial charge in [0.15, 0.2) is 0 Å². The van der Waals surface area contributed by atoms with Crippen LogP contribution in [0.5, 0.6) is 0 Å². The largest absolute Gasteiger partial charge is 0.335 e. The lowest BCUT2D eigenvalue weighted by Gasteiger charge is -2.26. The third kappa shape index (κ3) is 3.63. The van der Waals surface area contributed by atoms with E-state index in [0.717, 1.165) is 23.0 Å². The van der Waals surface area contributed by atoms with Crippen molar-refractivity contribution in [1.29, 1.82) is 0 Å². The molecule has 142 valence electrons. The first-order chi connectivity index (χ1) is 13.3. The van der Waals surface area contributed by atoms with E-state index in [1.807, 2.05) is 6.92 Å². The molecule has 0 saturated carbocycles. The van der Waals surface area contributed by atoms with Gasteiger partial charge >= 0.3 is 6.03 Å². The highest BCUT2D eigenvalue weighted by Crippen LogP contribution is 2.27. The molecule has 3 rings (SSSR count). The van der Waals surface area contributed by atoms with Gasteiger partial charge in [-0.05, 0) is 41.8 Å². The summed E-state index contributed by atoms with van der Waals surface area (Å²) in [6, 6.07) is 9.78. The number of rotatable bonds is 4. The topological polar surface area (TPSA) is 110 Å². The molecule has 0 aliphatic carbocycles. The molecule has 4 amide bonds. The van der Waals surface area contributed by atoms with Crippen molar-refractivity contribution >= 4 is 46.9 Å². The van der Waals surface area contributed by atoms with Crippen molar-refractivity contribution in [2.24, 2.45) is 0 Å². The molecule has 8 nitrogen and oxygen atoms in total. The van der Waals surface area contributed by atoms with Gasteiger partial charge in [0, 0.05) is 6.07 Å². The van der Waals surface area contributed by atoms with Crippen LogP contribution in [-0.2, 0) is 16.0 Å². The summed E-state index contributed by atoms with van der Waals surface area (Å²) in [7, 11) is 0. The monoisotopic (exact) mass is 399 g/mol. The second kappa shape index (κ2) is 7.61. The number of nitro groups is 1. The Balaban J connectivity index is 2.01. The van der Waals surface area contributed by atoms with Crippen LogP contribution in [0.25, 0.3) is 6.08 Å². The minimum atomic E-state index is -0.881. The summed E-state index contributed by atoms with van der Waals surface area (Å²) in [5, 5.41) is 13.1. The maximum Gasteiger partial charge on any atom is 0.335 e. The maximum absolute atomic E-state index is 12.8. The molecule has 2 aromatic carbocycles. The van der Waals surface area contributed by atoms with Crippen LogP contribution in [0.1, 0.15) is 18.1 Å². The van der Waals surface area contributed by atoms with Crippen LogP contribution in [0.4, 0.5) is 16.2 Å². The van der Waals surface area contributed by atoms with Gasteiger partial charge in [-0.1, -0.05) is 36.7 Å². The van der Waals surface area contributed by atoms with Gasteiger partial charge in [0.05, 0.1) is 10.6 Å². The number of urea groups is 1. The zero-order chi connectivity index (χ0) is 20.4. The SMILES string of the molecule is CCc1ccc(N2C(=O)NC(=O)/C(=C/c3ccc(Cl)c([N+](=O)[O-])c3)C2=O)cc1. The van der Waals surface area contributed by atoms with Crippen LogP contribution in [0.3, 0.4) is 0 Å². The number of aryl methyl sites for hydroxylation is 1. The summed E-state index contributed by atoms with van der Waals surface area (Å²) in [6.45, 7) is 1.97. The number of anilines is 1. The summed E-state index contributed by atoms with van der Waals surface area (Å²) in [5.41, 5.74) is 0.873. The van der Waals surface area contributed by atoms with Crippen LogP contribution in [0.15, 0.2) is 48.0 Å². The fourth-order valence-corrected chi connectivity index (χ4v) is 2.89. The van der Waals surface area contributed by atoms with Crippen LogP contribution in [0.2, 0.25) is 5.02 Å². The van der Waals surface area contributed by atoms with Crippen LogP contribution in [0, 0.1) is 10.1 Å². The highest BCUT2D eigenvalue weighted by atomic mass is 35.5. The predicted molar refractivity (Wildman–Crippen MR) is 103 cm³/mol. The van der Waals surface area contributed by atoms with Crippen molar-refractivity contribution in [1.82, 2.24) is 5.32 Å². The first kappa shape index (κ1) is 19.2. The Kier molecular flexibility index (Phi) is 5.23. The molecule has 0 aromatic heterocycles. The number of amides is 4. The van der Waals surface area contributed by atoms with Crippen molar-refractivity contribution in [2.45, 2.75) is 13.3 Å². The summed E-state index contributed by atoms with van der Waals surface area (Å²) in [4.78, 5) is 48.4. The predicted octanol–water partition coefficient (Wildman–Crippen LogP) is 3.48. The average molecular weight is 400 g/mol. The van der Waals surface area contributed by atoms with E-state index in [9.17, 15) is 24.5 Å². The summed E-state index contributed by atoms with van der Waals surface area (Å²) in [6.07, 6.45) is 1.97. The Morgan fingerprint density at radius 3 is 2.43 bits per heavy atom. The molecule has 9 heteroatoms. The fourth-order valence-electron chi connectivity index (χ4n) is 2.70. The molecule has 0 bridgehead atoms. The lowest BCUT2D eigenvalue weighted by Crippen LogP contribution is -2.54. The molecule has 1 N–H and O–H groups in total. The number of imide groups is 2. The third-order valence-corrected chi connectivity index (χ3v) is 4.50. The molecule has 1 fully saturated rings. The van der Waals surface area contributed by atoms with E-state index in [4.69, 9.17) is 11.6 Å². The lowest BCUT2D eigenvalue weighted by atomic mass is 10.1. The van der Waals surface area contributed by atoms with E-state index >= 15 is 0 Å². The van der Waals surface area contributed by atoms with Crippen LogP contribution in [-0.4, -0.2) is 22.8 Å². The van der Waals surface area contributed by atoms with Crippen molar-refractivity contribution in [3.05, 3.63) is 74.3 Å². The van der Waals surface area contributed by atoms with Gasteiger partial charge in [-0.15, -0.1) is 0 Å². The van der Waals surface area contributed by atoms with E-state index in [-0.39, 0.29) is 21.8 Å². The Morgan fingerprint density at radius 2 is 1.82 bits per heavy atom. The van der Waals surface area contributed by atoms with Crippen molar-refractivity contribution in [3.63, 3.8) is 0 Å². The summed E-state index contributed by atoms with van der Waals surface area (Å²) in [5.74, 6) is -1.70. The fraction of sp³-hybridized carbons (Fsp3) is 0.105. The summed E-state index contributed by atoms with van der Waals surface area (Å²) >= 11 is 5.78. The number of nitro benzene ring substituents is 1. The molecular weight excluding hydrogens is 386 g/mol. The zero-order valence-electron chi connectivity index (χ0n) is 14.6. The molecule has 0 spiro atoms. The highest BCUT2D eigenvalue weighted by Gasteiger charge is 2.36. The standard InChI is InChI=1S/C19H14ClN3O5/c1-2-11-3-6-13(7-4-11)22-18(25)14(17(24)21-19(22)26)9-12-5-8-15(20)16(10-12)23(27)28/h3-10H,2H2,1H3,(H,21,24,26)/b14-9-. The van der Waals surface area contributed by atoms with E-state index in [1.54, 1.807) is 24.3 Å². The van der Waals surface area contributed by atoms with Crippen molar-refractivity contribution in [3.8, 4) is 0 Å². The molecule has 1 heterocycles. The van der Waals surface area contributed by atoms with Crippen LogP contribution < -0.4 is 10.2 Å². The molecule has 1 saturated heterocycles. The number of halogens is 1. The maximum atomic E-state index is 12.8. The molecule has 28 heavy (non-hydrogen) atoms. The van der Waals surface area contributed by atoms with Gasteiger partial charge in [0.25, 0.3) is 17.5 Å². The number of hydrogen-bond acceptors (Lipinski definition) is 5. The first-order valence-electron chi connectivity index (χ1n) is 8.26. The normalized spacial score (nSPS) is 15.7. The van der Waals surface area contributed by atoms with E-state index in [1.165, 1.54) is 18.2 Å². The van der Waals surface area contributed by atoms with Gasteiger partial charge in [0.2, 0.25) is 0 Å². The van der Waals surface area contributed by atoms with E-state index in [2.05, 4.69) is 5.32 Å². The molecule has 1 aliphatic rings. The van der Waals surface area contributed by atoms with Crippen molar-refractivity contribution in [2.75, 3.05) is 4.90 Å². The smallest absolute Gasteiger partial charge is 0.273 e. The minimum Gasteiger partial charge on any atom is -0.273 e. The van der Waals surface area contributed by atoms with Crippen LogP contribution >= 0.6 is 11.6 Å². The van der Waals surface area contributed by atoms with Gasteiger partial charge in [-0.3, -0.25) is 25.0 Å². The first-order valence-corrected chi connectivity index (χ1v) is 8.64. The molecule has 0 unspecified atom stereocenters. The number of barbiturate groups is 1. The van der Waals surface area contributed by atoms with Gasteiger partial charge in [-0.2, -0.15) is 0 Å².